The highest BCUT2D eigenvalue weighted by molar-refractivity contribution is 5.94. The van der Waals surface area contributed by atoms with Crippen LogP contribution in [0.5, 0.6) is 0 Å². The highest BCUT2D eigenvalue weighted by Gasteiger charge is 2.11. The van der Waals surface area contributed by atoms with Crippen molar-refractivity contribution in [2.45, 2.75) is 13.8 Å². The van der Waals surface area contributed by atoms with Crippen molar-refractivity contribution in [2.75, 3.05) is 0 Å². The number of benzene rings is 2. The summed E-state index contributed by atoms with van der Waals surface area (Å²) in [5.41, 5.74) is 8.85. The minimum absolute atomic E-state index is 0.0696. The summed E-state index contributed by atoms with van der Waals surface area (Å²) in [7, 11) is 0. The lowest BCUT2D eigenvalue weighted by molar-refractivity contribution is -0.384. The van der Waals surface area contributed by atoms with Crippen molar-refractivity contribution in [3.8, 4) is 16.8 Å². The maximum atomic E-state index is 12.1. The Morgan fingerprint density at radius 3 is 2.21 bits per heavy atom. The summed E-state index contributed by atoms with van der Waals surface area (Å²) in [5, 5.41) is 14.9. The van der Waals surface area contributed by atoms with E-state index in [2.05, 4.69) is 20.1 Å². The Labute approximate surface area is 190 Å². The number of nitrogens with one attached hydrogen (secondary N) is 1. The number of carbonyl (C=O) groups excluding carboxylic acids is 1. The molecule has 0 saturated heterocycles. The summed E-state index contributed by atoms with van der Waals surface area (Å²) < 4.78 is 2.10. The molecule has 1 amide bonds. The van der Waals surface area contributed by atoms with E-state index in [1.165, 1.54) is 12.1 Å². The van der Waals surface area contributed by atoms with Crippen LogP contribution in [0.3, 0.4) is 0 Å². The van der Waals surface area contributed by atoms with Gasteiger partial charge in [0.05, 0.1) is 11.1 Å². The molecular formula is C25H21N5O3. The van der Waals surface area contributed by atoms with Crippen molar-refractivity contribution >= 4 is 17.8 Å². The maximum Gasteiger partial charge on any atom is 0.271 e. The number of aromatic nitrogens is 2. The van der Waals surface area contributed by atoms with Crippen molar-refractivity contribution in [1.29, 1.82) is 0 Å². The number of amides is 1. The van der Waals surface area contributed by atoms with Crippen LogP contribution in [0.2, 0.25) is 0 Å². The zero-order valence-electron chi connectivity index (χ0n) is 18.1. The Kier molecular flexibility index (Phi) is 6.08. The second-order valence-corrected chi connectivity index (χ2v) is 7.45. The monoisotopic (exact) mass is 439 g/mol. The molecule has 2 heterocycles. The smallest absolute Gasteiger partial charge is 0.271 e. The normalized spacial score (nSPS) is 11.0. The zero-order chi connectivity index (χ0) is 23.4. The van der Waals surface area contributed by atoms with Crippen LogP contribution in [0, 0.1) is 24.0 Å². The first-order chi connectivity index (χ1) is 15.9. The standard InChI is InChI=1S/C25H21N5O3/c1-17-15-22(16-27-28-25(31)21-11-13-26-14-12-21)18(2)29(17)23-7-3-19(4-8-23)20-5-9-24(10-6-20)30(32)33/h3-16H,1-2H3,(H,28,31)/b27-16-. The van der Waals surface area contributed by atoms with Crippen LogP contribution in [0.15, 0.2) is 84.2 Å². The third-order valence-electron chi connectivity index (χ3n) is 5.32. The first-order valence-corrected chi connectivity index (χ1v) is 10.2. The van der Waals surface area contributed by atoms with Gasteiger partial charge >= 0.3 is 0 Å². The van der Waals surface area contributed by atoms with Gasteiger partial charge in [-0.3, -0.25) is 19.9 Å². The largest absolute Gasteiger partial charge is 0.318 e. The average molecular weight is 439 g/mol. The van der Waals surface area contributed by atoms with E-state index < -0.39 is 4.92 Å². The Balaban J connectivity index is 1.51. The summed E-state index contributed by atoms with van der Waals surface area (Å²) in [6.07, 6.45) is 4.74. The molecule has 164 valence electrons. The van der Waals surface area contributed by atoms with Crippen molar-refractivity contribution in [1.82, 2.24) is 15.0 Å². The summed E-state index contributed by atoms with van der Waals surface area (Å²) in [5.74, 6) is -0.302. The minimum Gasteiger partial charge on any atom is -0.318 e. The van der Waals surface area contributed by atoms with Crippen LogP contribution in [-0.4, -0.2) is 26.6 Å². The van der Waals surface area contributed by atoms with Crippen LogP contribution in [0.1, 0.15) is 27.3 Å². The molecule has 0 bridgehead atoms. The maximum absolute atomic E-state index is 12.1. The first kappa shape index (κ1) is 21.6. The molecule has 0 spiro atoms. The van der Waals surface area contributed by atoms with Crippen molar-refractivity contribution in [3.05, 3.63) is 112 Å². The molecule has 2 aromatic carbocycles. The molecule has 0 aliphatic rings. The summed E-state index contributed by atoms with van der Waals surface area (Å²) in [4.78, 5) is 26.5. The Hall–Kier alpha value is -4.59. The molecule has 0 unspecified atom stereocenters. The quantitative estimate of drug-likeness (QED) is 0.264. The van der Waals surface area contributed by atoms with Gasteiger partial charge in [-0.15, -0.1) is 0 Å². The number of nitro groups is 1. The molecule has 8 heteroatoms. The van der Waals surface area contributed by atoms with E-state index in [9.17, 15) is 14.9 Å². The molecule has 0 atom stereocenters. The Morgan fingerprint density at radius 1 is 1.00 bits per heavy atom. The summed E-state index contributed by atoms with van der Waals surface area (Å²) in [6, 6.07) is 19.7. The lowest BCUT2D eigenvalue weighted by atomic mass is 10.0. The fourth-order valence-corrected chi connectivity index (χ4v) is 3.62. The van der Waals surface area contributed by atoms with Gasteiger partial charge in [-0.05, 0) is 67.4 Å². The minimum atomic E-state index is -0.407. The van der Waals surface area contributed by atoms with Crippen molar-refractivity contribution in [3.63, 3.8) is 0 Å². The van der Waals surface area contributed by atoms with E-state index in [1.807, 2.05) is 44.2 Å². The van der Waals surface area contributed by atoms with Gasteiger partial charge in [-0.1, -0.05) is 12.1 Å². The van der Waals surface area contributed by atoms with Crippen LogP contribution >= 0.6 is 0 Å². The van der Waals surface area contributed by atoms with Crippen molar-refractivity contribution in [2.24, 2.45) is 5.10 Å². The highest BCUT2D eigenvalue weighted by Crippen LogP contribution is 2.25. The number of hydrazone groups is 1. The van der Waals surface area contributed by atoms with E-state index >= 15 is 0 Å². The van der Waals surface area contributed by atoms with Gasteiger partial charge < -0.3 is 4.57 Å². The van der Waals surface area contributed by atoms with Crippen LogP contribution < -0.4 is 5.43 Å². The number of hydrogen-bond donors (Lipinski definition) is 1. The molecule has 0 aliphatic heterocycles. The molecule has 33 heavy (non-hydrogen) atoms. The van der Waals surface area contributed by atoms with Gasteiger partial charge in [0.1, 0.15) is 0 Å². The van der Waals surface area contributed by atoms with Crippen LogP contribution in [0.25, 0.3) is 16.8 Å². The predicted octanol–water partition coefficient (Wildman–Crippen LogP) is 4.83. The molecule has 4 rings (SSSR count). The van der Waals surface area contributed by atoms with Gasteiger partial charge in [-0.2, -0.15) is 5.10 Å². The number of carbonyl (C=O) groups is 1. The average Bonchev–Trinajstić information content (AvgIpc) is 3.12. The molecule has 4 aromatic rings. The molecule has 8 nitrogen and oxygen atoms in total. The Bertz CT molecular complexity index is 1330. The SMILES string of the molecule is Cc1cc(/C=N\NC(=O)c2ccncc2)c(C)n1-c1ccc(-c2ccc([N+](=O)[O-])cc2)cc1. The molecular weight excluding hydrogens is 418 g/mol. The third kappa shape index (κ3) is 4.69. The number of rotatable bonds is 6. The van der Waals surface area contributed by atoms with Crippen LogP contribution in [0.4, 0.5) is 5.69 Å². The van der Waals surface area contributed by atoms with E-state index in [4.69, 9.17) is 0 Å². The molecule has 1 N–H and O–H groups in total. The number of hydrogen-bond acceptors (Lipinski definition) is 5. The number of aryl methyl sites for hydroxylation is 1. The Morgan fingerprint density at radius 2 is 1.61 bits per heavy atom. The number of non-ortho nitro benzene ring substituents is 1. The molecule has 2 aromatic heterocycles. The summed E-state index contributed by atoms with van der Waals surface area (Å²) >= 11 is 0. The second kappa shape index (κ2) is 9.27. The molecule has 0 fully saturated rings. The number of nitro benzene ring substituents is 1. The molecule has 0 saturated carbocycles. The fraction of sp³-hybridized carbons (Fsp3) is 0.0800. The predicted molar refractivity (Wildman–Crippen MR) is 127 cm³/mol. The van der Waals surface area contributed by atoms with Crippen LogP contribution in [-0.2, 0) is 0 Å². The number of pyridine rings is 1. The van der Waals surface area contributed by atoms with Gasteiger partial charge in [0.25, 0.3) is 11.6 Å². The lowest BCUT2D eigenvalue weighted by Gasteiger charge is -2.11. The summed E-state index contributed by atoms with van der Waals surface area (Å²) in [6.45, 7) is 3.99. The second-order valence-electron chi connectivity index (χ2n) is 7.45. The fourth-order valence-electron chi connectivity index (χ4n) is 3.62. The van der Waals surface area contributed by atoms with Gasteiger partial charge in [0, 0.05) is 52.7 Å². The van der Waals surface area contributed by atoms with Crippen molar-refractivity contribution < 1.29 is 9.72 Å². The topological polar surface area (TPSA) is 102 Å². The van der Waals surface area contributed by atoms with Gasteiger partial charge in [-0.25, -0.2) is 5.43 Å². The van der Waals surface area contributed by atoms with E-state index in [0.29, 0.717) is 5.56 Å². The lowest BCUT2D eigenvalue weighted by Crippen LogP contribution is -2.17. The first-order valence-electron chi connectivity index (χ1n) is 10.2. The van der Waals surface area contributed by atoms with E-state index in [0.717, 1.165) is 33.8 Å². The van der Waals surface area contributed by atoms with Gasteiger partial charge in [0.2, 0.25) is 0 Å². The highest BCUT2D eigenvalue weighted by atomic mass is 16.6. The van der Waals surface area contributed by atoms with Gasteiger partial charge in [0.15, 0.2) is 0 Å². The molecule has 0 radical (unpaired) electrons. The number of nitrogens with zero attached hydrogens (tertiary/aromatic N) is 4. The molecule has 0 aliphatic carbocycles. The van der Waals surface area contributed by atoms with E-state index in [-0.39, 0.29) is 11.6 Å². The zero-order valence-corrected chi connectivity index (χ0v) is 18.1. The third-order valence-corrected chi connectivity index (χ3v) is 5.32. The van der Waals surface area contributed by atoms with E-state index in [1.54, 1.807) is 42.9 Å².